The molecule has 9 aliphatic rings. The lowest BCUT2D eigenvalue weighted by atomic mass is 10.1. The maximum absolute atomic E-state index is 4.27. The minimum atomic E-state index is 0.650. The third-order valence-electron chi connectivity index (χ3n) is 17.3. The van der Waals surface area contributed by atoms with Crippen LogP contribution in [0, 0.1) is 27.7 Å². The number of hydrogen-bond donors (Lipinski definition) is 0. The number of rotatable bonds is 0. The molecule has 0 radical (unpaired) electrons. The molecule has 0 atom stereocenters. The van der Waals surface area contributed by atoms with Gasteiger partial charge in [0.25, 0.3) is 0 Å². The van der Waals surface area contributed by atoms with Gasteiger partial charge < -0.3 is 0 Å². The first-order valence-corrected chi connectivity index (χ1v) is 32.3. The summed E-state index contributed by atoms with van der Waals surface area (Å²) in [6.45, 7) is 70.8. The van der Waals surface area contributed by atoms with Gasteiger partial charge in [-0.2, -0.15) is 0 Å². The molecule has 0 spiro atoms. The van der Waals surface area contributed by atoms with Crippen molar-refractivity contribution in [2.24, 2.45) is 39.9 Å². The predicted octanol–water partition coefficient (Wildman–Crippen LogP) is 21.1. The summed E-state index contributed by atoms with van der Waals surface area (Å²) >= 11 is 2.89. The van der Waals surface area contributed by atoms with Crippen molar-refractivity contribution in [2.75, 3.05) is 26.3 Å². The van der Waals surface area contributed by atoms with Gasteiger partial charge in [-0.05, 0) is 330 Å². The minimum Gasteiger partial charge on any atom is -0.285 e. The van der Waals surface area contributed by atoms with Gasteiger partial charge in [-0.25, -0.2) is 0 Å². The molecule has 2 aromatic rings. The number of allylic oxidation sites excluding steroid dienone is 17. The molecule has 2 aromatic heterocycles. The lowest BCUT2D eigenvalue weighted by Crippen LogP contribution is -1.98. The first kappa shape index (κ1) is 78.9. The summed E-state index contributed by atoms with van der Waals surface area (Å²) in [4.78, 5) is 36.0. The van der Waals surface area contributed by atoms with E-state index in [-0.39, 0.29) is 0 Å². The monoisotopic (exact) mass is 1220 g/mol. The molecule has 0 fully saturated rings. The summed E-state index contributed by atoms with van der Waals surface area (Å²) in [5, 5.41) is 7.57. The number of hydrogen-bond acceptors (Lipinski definition) is 14. The second-order valence-corrected chi connectivity index (χ2v) is 26.4. The van der Waals surface area contributed by atoms with Crippen LogP contribution in [0.2, 0.25) is 0 Å². The molecule has 0 unspecified atom stereocenters. The minimum absolute atomic E-state index is 0.650. The van der Waals surface area contributed by atoms with Gasteiger partial charge in [0, 0.05) is 80.4 Å². The standard InChI is InChI=1S/2C9H14.6C7H11N.C5H8N2.2C4H6N2S/c2*1-6-5-7(2)9(4)8(6)3;3*1-5-4-8-7(3)6(5)2;3*1-5-4-6(2)8-7(5)3;1-4-5(2)7-3-6-4;2*1-3-4(2)7-6-5-3/h2*5H2,1-4H3;6*4H2,1-3H3;3H2,1-2H3;2*1-2H3. The van der Waals surface area contributed by atoms with E-state index in [9.17, 15) is 0 Å². The Labute approximate surface area is 537 Å². The predicted molar refractivity (Wildman–Crippen MR) is 390 cm³/mol. The summed E-state index contributed by atoms with van der Waals surface area (Å²) in [6, 6.07) is 0. The van der Waals surface area contributed by atoms with Gasteiger partial charge in [-0.1, -0.05) is 31.3 Å². The van der Waals surface area contributed by atoms with Crippen molar-refractivity contribution in [1.29, 1.82) is 0 Å². The Morgan fingerprint density at radius 1 is 0.241 bits per heavy atom. The number of nitrogens with zero attached hydrogens (tertiary/aromatic N) is 12. The van der Waals surface area contributed by atoms with E-state index >= 15 is 0 Å². The zero-order valence-electron chi connectivity index (χ0n) is 60.5. The lowest BCUT2D eigenvalue weighted by Gasteiger charge is -1.94. The summed E-state index contributed by atoms with van der Waals surface area (Å²) < 4.78 is 7.43. The number of aryl methyl sites for hydroxylation is 4. The van der Waals surface area contributed by atoms with Crippen LogP contribution in [0.15, 0.2) is 152 Å². The van der Waals surface area contributed by atoms with Crippen molar-refractivity contribution in [1.82, 2.24) is 19.2 Å². The van der Waals surface area contributed by atoms with E-state index in [1.54, 1.807) is 22.3 Å². The fourth-order valence-electron chi connectivity index (χ4n) is 8.79. The van der Waals surface area contributed by atoms with Crippen molar-refractivity contribution in [3.8, 4) is 0 Å². The highest BCUT2D eigenvalue weighted by Gasteiger charge is 2.13. The van der Waals surface area contributed by atoms with Gasteiger partial charge in [0.15, 0.2) is 0 Å². The normalized spacial score (nSPS) is 18.0. The highest BCUT2D eigenvalue weighted by Crippen LogP contribution is 2.31. The molecular formula is C73H114N12S2. The first-order chi connectivity index (χ1) is 40.4. The van der Waals surface area contributed by atoms with E-state index in [0.29, 0.717) is 6.67 Å². The van der Waals surface area contributed by atoms with Crippen LogP contribution in [0.3, 0.4) is 0 Å². The summed E-state index contributed by atoms with van der Waals surface area (Å²) in [5.74, 6) is 0. The topological polar surface area (TPSA) is 150 Å². The largest absolute Gasteiger partial charge is 0.285 e. The zero-order chi connectivity index (χ0) is 66.7. The molecule has 11 rings (SSSR count). The second kappa shape index (κ2) is 39.0. The van der Waals surface area contributed by atoms with Crippen LogP contribution < -0.4 is 0 Å². The molecule has 12 nitrogen and oxygen atoms in total. The SMILES string of the molecule is CC1=C(C)C(C)=C(C)C1.CC1=C(C)C(C)=C(C)C1.CC1=NC(C)=C(C)C1.CC1=NC(C)=C(C)C1.CC1=NC(C)=C(C)C1.CC1=NCC(C)=C1C.CC1=NCC(C)=C1C.CC1=NCC(C)=C1C.CC1=NCN=C1C.Cc1nnsc1C.Cc1nnsc1C. The molecule has 0 saturated carbocycles. The zero-order valence-corrected chi connectivity index (χ0v) is 62.2. The van der Waals surface area contributed by atoms with Crippen LogP contribution >= 0.6 is 23.1 Å². The molecule has 478 valence electrons. The fraction of sp³-hybridized carbons (Fsp3) is 0.562. The van der Waals surface area contributed by atoms with E-state index in [4.69, 9.17) is 0 Å². The Morgan fingerprint density at radius 2 is 0.483 bits per heavy atom. The molecule has 0 saturated heterocycles. The van der Waals surface area contributed by atoms with E-state index in [2.05, 4.69) is 239 Å². The van der Waals surface area contributed by atoms with Crippen molar-refractivity contribution < 1.29 is 0 Å². The van der Waals surface area contributed by atoms with Crippen molar-refractivity contribution in [2.45, 2.75) is 254 Å². The van der Waals surface area contributed by atoms with Gasteiger partial charge in [0.05, 0.1) is 42.4 Å². The molecule has 2 aliphatic carbocycles. The number of aliphatic imine (C=N–C) groups is 8. The van der Waals surface area contributed by atoms with Crippen molar-refractivity contribution in [3.63, 3.8) is 0 Å². The number of aromatic nitrogens is 4. The average molecular weight is 1220 g/mol. The molecule has 9 heterocycles. The Balaban J connectivity index is 0.000000479. The molecule has 87 heavy (non-hydrogen) atoms. The highest BCUT2D eigenvalue weighted by molar-refractivity contribution is 7.05. The van der Waals surface area contributed by atoms with Crippen molar-refractivity contribution >= 4 is 68.8 Å². The van der Waals surface area contributed by atoms with Crippen LogP contribution in [0.5, 0.6) is 0 Å². The maximum Gasteiger partial charge on any atom is 0.130 e. The quantitative estimate of drug-likeness (QED) is 0.258. The Kier molecular flexibility index (Phi) is 35.4. The highest BCUT2D eigenvalue weighted by atomic mass is 32.1. The van der Waals surface area contributed by atoms with Gasteiger partial charge in [-0.15, -0.1) is 10.2 Å². The smallest absolute Gasteiger partial charge is 0.130 e. The van der Waals surface area contributed by atoms with E-state index < -0.39 is 0 Å². The Bertz CT molecular complexity index is 2970. The molecule has 0 amide bonds. The molecule has 0 aromatic carbocycles. The third kappa shape index (κ3) is 28.3. The van der Waals surface area contributed by atoms with Crippen LogP contribution in [0.1, 0.15) is 247 Å². The van der Waals surface area contributed by atoms with Crippen molar-refractivity contribution in [3.05, 3.63) is 133 Å². The maximum atomic E-state index is 4.27. The molecule has 0 N–H and O–H groups in total. The average Bonchev–Trinajstić information content (AvgIpc) is 4.60. The fourth-order valence-corrected chi connectivity index (χ4v) is 9.71. The summed E-state index contributed by atoms with van der Waals surface area (Å²) in [6.07, 6.45) is 5.68. The van der Waals surface area contributed by atoms with Crippen LogP contribution in [-0.4, -0.2) is 91.2 Å². The van der Waals surface area contributed by atoms with Gasteiger partial charge in [-0.3, -0.25) is 39.9 Å². The van der Waals surface area contributed by atoms with Gasteiger partial charge in [0.1, 0.15) is 6.67 Å². The van der Waals surface area contributed by atoms with E-state index in [1.807, 2.05) is 41.5 Å². The second-order valence-electron chi connectivity index (χ2n) is 24.5. The van der Waals surface area contributed by atoms with Gasteiger partial charge in [0.2, 0.25) is 0 Å². The summed E-state index contributed by atoms with van der Waals surface area (Å²) in [7, 11) is 0. The van der Waals surface area contributed by atoms with Crippen LogP contribution in [0.25, 0.3) is 0 Å². The molecule has 0 bridgehead atoms. The van der Waals surface area contributed by atoms with Crippen LogP contribution in [0.4, 0.5) is 0 Å². The Hall–Kier alpha value is -6.12. The summed E-state index contributed by atoms with van der Waals surface area (Å²) in [5.41, 5.74) is 40.1. The van der Waals surface area contributed by atoms with Gasteiger partial charge >= 0.3 is 0 Å². The van der Waals surface area contributed by atoms with Crippen LogP contribution in [-0.2, 0) is 0 Å². The van der Waals surface area contributed by atoms with E-state index in [1.165, 1.54) is 169 Å². The molecule has 14 heteroatoms. The first-order valence-electron chi connectivity index (χ1n) is 30.8. The molecular weight excluding hydrogens is 1110 g/mol. The van der Waals surface area contributed by atoms with E-state index in [0.717, 1.165) is 61.7 Å². The third-order valence-corrected chi connectivity index (χ3v) is 18.8. The lowest BCUT2D eigenvalue weighted by molar-refractivity contribution is 1.08. The Morgan fingerprint density at radius 3 is 0.540 bits per heavy atom. The molecule has 7 aliphatic heterocycles.